The van der Waals surface area contributed by atoms with Gasteiger partial charge in [0.05, 0.1) is 18.9 Å². The molecule has 1 fully saturated rings. The van der Waals surface area contributed by atoms with Crippen molar-refractivity contribution in [3.05, 3.63) is 42.0 Å². The monoisotopic (exact) mass is 469 g/mol. The van der Waals surface area contributed by atoms with Gasteiger partial charge in [-0.25, -0.2) is 0 Å². The normalized spacial score (nSPS) is 21.1. The van der Waals surface area contributed by atoms with Crippen molar-refractivity contribution in [2.75, 3.05) is 13.7 Å². The standard InChI is InChI=1S/C26H35N3O5/c1-5-17(2)27-24(31)18(3)29(16-19-10-12-20(34-4)13-11-19)23(30)14-15-28-25(32)21-8-6-7-9-22(21)26(28)33/h6-7,10-13,17-18,21-22H,5,8-9,14-16H2,1-4H3,(H,27,31)/t17?,18?,21-,22+. The quantitative estimate of drug-likeness (QED) is 0.420. The van der Waals surface area contributed by atoms with Gasteiger partial charge in [0.15, 0.2) is 0 Å². The van der Waals surface area contributed by atoms with Crippen molar-refractivity contribution >= 4 is 23.6 Å². The number of fused-ring (bicyclic) bond motifs is 1. The van der Waals surface area contributed by atoms with Gasteiger partial charge in [0, 0.05) is 25.6 Å². The third kappa shape index (κ3) is 5.66. The van der Waals surface area contributed by atoms with E-state index in [0.717, 1.165) is 12.0 Å². The Morgan fingerprint density at radius 3 is 2.21 bits per heavy atom. The Morgan fingerprint density at radius 1 is 1.09 bits per heavy atom. The first-order valence-electron chi connectivity index (χ1n) is 12.0. The van der Waals surface area contributed by atoms with Crippen molar-refractivity contribution in [3.8, 4) is 5.75 Å². The fourth-order valence-corrected chi connectivity index (χ4v) is 4.42. The molecule has 4 atom stereocenters. The number of ether oxygens (including phenoxy) is 1. The van der Waals surface area contributed by atoms with E-state index in [2.05, 4.69) is 5.32 Å². The Bertz CT molecular complexity index is 916. The van der Waals surface area contributed by atoms with E-state index in [1.54, 1.807) is 26.2 Å². The van der Waals surface area contributed by atoms with E-state index in [0.29, 0.717) is 18.6 Å². The molecule has 4 amide bonds. The van der Waals surface area contributed by atoms with Crippen molar-refractivity contribution in [1.29, 1.82) is 0 Å². The molecule has 3 rings (SSSR count). The smallest absolute Gasteiger partial charge is 0.242 e. The second kappa shape index (κ2) is 11.3. The number of allylic oxidation sites excluding steroid dienone is 2. The maximum absolute atomic E-state index is 13.3. The zero-order chi connectivity index (χ0) is 24.8. The largest absolute Gasteiger partial charge is 0.497 e. The number of imide groups is 1. The van der Waals surface area contributed by atoms with E-state index in [1.165, 1.54) is 9.80 Å². The molecular weight excluding hydrogens is 434 g/mol. The summed E-state index contributed by atoms with van der Waals surface area (Å²) in [6.07, 6.45) is 5.76. The van der Waals surface area contributed by atoms with Gasteiger partial charge in [0.25, 0.3) is 0 Å². The van der Waals surface area contributed by atoms with Crippen LogP contribution >= 0.6 is 0 Å². The first-order valence-corrected chi connectivity index (χ1v) is 12.0. The molecule has 0 saturated carbocycles. The van der Waals surface area contributed by atoms with Gasteiger partial charge in [-0.1, -0.05) is 31.2 Å². The molecule has 0 spiro atoms. The second-order valence-electron chi connectivity index (χ2n) is 9.10. The summed E-state index contributed by atoms with van der Waals surface area (Å²) in [6, 6.07) is 6.59. The lowest BCUT2D eigenvalue weighted by atomic mass is 9.85. The Kier molecular flexibility index (Phi) is 8.47. The Balaban J connectivity index is 1.72. The summed E-state index contributed by atoms with van der Waals surface area (Å²) < 4.78 is 5.20. The molecule has 0 radical (unpaired) electrons. The minimum atomic E-state index is -0.708. The molecule has 8 nitrogen and oxygen atoms in total. The predicted octanol–water partition coefficient (Wildman–Crippen LogP) is 2.67. The summed E-state index contributed by atoms with van der Waals surface area (Å²) in [5.74, 6) is -0.844. The average molecular weight is 470 g/mol. The number of rotatable bonds is 10. The van der Waals surface area contributed by atoms with Crippen LogP contribution in [0, 0.1) is 11.8 Å². The molecule has 0 bridgehead atoms. The first kappa shape index (κ1) is 25.5. The zero-order valence-corrected chi connectivity index (χ0v) is 20.5. The van der Waals surface area contributed by atoms with Crippen LogP contribution in [0.1, 0.15) is 52.0 Å². The molecule has 1 aliphatic heterocycles. The number of benzene rings is 1. The molecule has 184 valence electrons. The van der Waals surface area contributed by atoms with E-state index < -0.39 is 6.04 Å². The number of nitrogens with one attached hydrogen (secondary N) is 1. The van der Waals surface area contributed by atoms with Gasteiger partial charge in [0.1, 0.15) is 11.8 Å². The molecule has 1 aromatic rings. The van der Waals surface area contributed by atoms with Gasteiger partial charge < -0.3 is 15.0 Å². The van der Waals surface area contributed by atoms with Crippen LogP contribution < -0.4 is 10.1 Å². The number of methoxy groups -OCH3 is 1. The maximum atomic E-state index is 13.3. The van der Waals surface area contributed by atoms with Gasteiger partial charge in [-0.2, -0.15) is 0 Å². The molecule has 34 heavy (non-hydrogen) atoms. The molecule has 1 aliphatic carbocycles. The van der Waals surface area contributed by atoms with Crippen molar-refractivity contribution in [1.82, 2.24) is 15.1 Å². The highest BCUT2D eigenvalue weighted by Crippen LogP contribution is 2.35. The fourth-order valence-electron chi connectivity index (χ4n) is 4.42. The van der Waals surface area contributed by atoms with Gasteiger partial charge in [0.2, 0.25) is 23.6 Å². The fraction of sp³-hybridized carbons (Fsp3) is 0.538. The summed E-state index contributed by atoms with van der Waals surface area (Å²) >= 11 is 0. The molecule has 0 aromatic heterocycles. The molecular formula is C26H35N3O5. The Labute approximate surface area is 201 Å². The second-order valence-corrected chi connectivity index (χ2v) is 9.10. The van der Waals surface area contributed by atoms with Crippen LogP contribution in [0.5, 0.6) is 5.75 Å². The van der Waals surface area contributed by atoms with Gasteiger partial charge in [-0.05, 0) is 50.8 Å². The minimum Gasteiger partial charge on any atom is -0.497 e. The van der Waals surface area contributed by atoms with Gasteiger partial charge in [-0.15, -0.1) is 0 Å². The molecule has 1 aromatic carbocycles. The van der Waals surface area contributed by atoms with Crippen LogP contribution in [0.25, 0.3) is 0 Å². The molecule has 1 heterocycles. The zero-order valence-electron chi connectivity index (χ0n) is 20.5. The van der Waals surface area contributed by atoms with Crippen LogP contribution in [0.4, 0.5) is 0 Å². The van der Waals surface area contributed by atoms with E-state index in [1.807, 2.05) is 38.1 Å². The number of carbonyl (C=O) groups excluding carboxylic acids is 4. The molecule has 8 heteroatoms. The third-order valence-electron chi connectivity index (χ3n) is 6.83. The van der Waals surface area contributed by atoms with Crippen LogP contribution in [0.2, 0.25) is 0 Å². The third-order valence-corrected chi connectivity index (χ3v) is 6.83. The minimum absolute atomic E-state index is 0.00955. The number of likely N-dealkylation sites (tertiary alicyclic amines) is 1. The highest BCUT2D eigenvalue weighted by Gasteiger charge is 2.47. The predicted molar refractivity (Wildman–Crippen MR) is 128 cm³/mol. The Morgan fingerprint density at radius 2 is 1.68 bits per heavy atom. The van der Waals surface area contributed by atoms with Gasteiger partial charge in [-0.3, -0.25) is 24.1 Å². The molecule has 2 aliphatic rings. The number of amides is 4. The number of nitrogens with zero attached hydrogens (tertiary/aromatic N) is 2. The highest BCUT2D eigenvalue weighted by molar-refractivity contribution is 6.05. The number of hydrogen-bond donors (Lipinski definition) is 1. The average Bonchev–Trinajstić information content (AvgIpc) is 3.10. The summed E-state index contributed by atoms with van der Waals surface area (Å²) in [7, 11) is 1.58. The first-order chi connectivity index (χ1) is 16.3. The van der Waals surface area contributed by atoms with E-state index in [-0.39, 0.29) is 61.0 Å². The summed E-state index contributed by atoms with van der Waals surface area (Å²) in [5.41, 5.74) is 0.850. The summed E-state index contributed by atoms with van der Waals surface area (Å²) in [4.78, 5) is 54.4. The summed E-state index contributed by atoms with van der Waals surface area (Å²) in [6.45, 7) is 5.86. The molecule has 1 N–H and O–H groups in total. The van der Waals surface area contributed by atoms with E-state index in [4.69, 9.17) is 4.74 Å². The van der Waals surface area contributed by atoms with Gasteiger partial charge >= 0.3 is 0 Å². The van der Waals surface area contributed by atoms with E-state index >= 15 is 0 Å². The number of carbonyl (C=O) groups is 4. The SMILES string of the molecule is CCC(C)NC(=O)C(C)N(Cc1ccc(OC)cc1)C(=O)CCN1C(=O)[C@H]2CC=CC[C@H]2C1=O. The van der Waals surface area contributed by atoms with E-state index in [9.17, 15) is 19.2 Å². The highest BCUT2D eigenvalue weighted by atomic mass is 16.5. The van der Waals surface area contributed by atoms with Crippen LogP contribution in [-0.2, 0) is 25.7 Å². The lowest BCUT2D eigenvalue weighted by Crippen LogP contribution is -2.50. The summed E-state index contributed by atoms with van der Waals surface area (Å²) in [5, 5.41) is 2.94. The molecule has 1 saturated heterocycles. The van der Waals surface area contributed by atoms with Crippen molar-refractivity contribution in [2.24, 2.45) is 11.8 Å². The van der Waals surface area contributed by atoms with Crippen LogP contribution in [0.3, 0.4) is 0 Å². The molecule has 2 unspecified atom stereocenters. The van der Waals surface area contributed by atoms with Crippen LogP contribution in [-0.4, -0.2) is 59.2 Å². The van der Waals surface area contributed by atoms with Crippen molar-refractivity contribution in [2.45, 2.75) is 65.1 Å². The van der Waals surface area contributed by atoms with Crippen molar-refractivity contribution in [3.63, 3.8) is 0 Å². The maximum Gasteiger partial charge on any atom is 0.242 e. The Hall–Kier alpha value is -3.16. The van der Waals surface area contributed by atoms with Crippen molar-refractivity contribution < 1.29 is 23.9 Å². The van der Waals surface area contributed by atoms with Crippen LogP contribution in [0.15, 0.2) is 36.4 Å². The lowest BCUT2D eigenvalue weighted by Gasteiger charge is -2.30. The lowest BCUT2D eigenvalue weighted by molar-refractivity contribution is -0.143. The topological polar surface area (TPSA) is 96.0 Å². The number of hydrogen-bond acceptors (Lipinski definition) is 5.